The Kier molecular flexibility index (Phi) is 5.77. The van der Waals surface area contributed by atoms with Gasteiger partial charge in [-0.3, -0.25) is 9.59 Å². The van der Waals surface area contributed by atoms with Crippen LogP contribution in [-0.4, -0.2) is 54.3 Å². The highest BCUT2D eigenvalue weighted by Gasteiger charge is 2.30. The molecule has 158 valence electrons. The number of piperazine rings is 1. The lowest BCUT2D eigenvalue weighted by Crippen LogP contribution is -2.50. The van der Waals surface area contributed by atoms with Crippen molar-refractivity contribution in [3.05, 3.63) is 63.2 Å². The van der Waals surface area contributed by atoms with Crippen molar-refractivity contribution in [2.75, 3.05) is 26.2 Å². The Balaban J connectivity index is 1.39. The van der Waals surface area contributed by atoms with Crippen LogP contribution in [-0.2, 0) is 21.4 Å². The van der Waals surface area contributed by atoms with Crippen LogP contribution in [0.3, 0.4) is 0 Å². The maximum absolute atomic E-state index is 13.0. The molecular weight excluding hydrogens is 422 g/mol. The van der Waals surface area contributed by atoms with Crippen LogP contribution in [0.15, 0.2) is 57.5 Å². The Labute approximate surface area is 179 Å². The molecule has 1 aliphatic rings. The topological polar surface area (TPSA) is 79.7 Å². The lowest BCUT2D eigenvalue weighted by Gasteiger charge is -2.34. The molecule has 1 amide bonds. The van der Waals surface area contributed by atoms with Crippen LogP contribution in [0, 0.1) is 6.92 Å². The molecular formula is C21H23N3O4S2. The van der Waals surface area contributed by atoms with E-state index in [1.807, 2.05) is 37.3 Å². The molecule has 1 aliphatic heterocycles. The second-order valence-corrected chi connectivity index (χ2v) is 10.1. The van der Waals surface area contributed by atoms with Crippen LogP contribution < -0.4 is 4.87 Å². The normalized spacial score (nSPS) is 15.6. The summed E-state index contributed by atoms with van der Waals surface area (Å²) < 4.78 is 29.1. The molecule has 0 aliphatic carbocycles. The van der Waals surface area contributed by atoms with Crippen molar-refractivity contribution in [2.24, 2.45) is 0 Å². The fourth-order valence-electron chi connectivity index (χ4n) is 3.69. The Morgan fingerprint density at radius 3 is 2.40 bits per heavy atom. The Hall–Kier alpha value is -2.49. The zero-order valence-corrected chi connectivity index (χ0v) is 18.3. The van der Waals surface area contributed by atoms with Crippen molar-refractivity contribution in [1.29, 1.82) is 0 Å². The van der Waals surface area contributed by atoms with Gasteiger partial charge >= 0.3 is 4.87 Å². The first kappa shape index (κ1) is 20.8. The predicted octanol–water partition coefficient (Wildman–Crippen LogP) is 2.29. The number of hydrogen-bond donors (Lipinski definition) is 0. The SMILES string of the molecule is Cc1csc(=O)n1CCC(=O)N1CCN(S(=O)(=O)c2ccc3ccccc3c2)CC1. The van der Waals surface area contributed by atoms with E-state index < -0.39 is 10.0 Å². The molecule has 9 heteroatoms. The standard InChI is InChI=1S/C21H23N3O4S2/c1-16-15-29-21(26)24(16)9-8-20(25)22-10-12-23(13-11-22)30(27,28)19-7-6-17-4-2-3-5-18(17)14-19/h2-7,14-15H,8-13H2,1H3. The molecule has 1 fully saturated rings. The highest BCUT2D eigenvalue weighted by Crippen LogP contribution is 2.23. The van der Waals surface area contributed by atoms with Gasteiger partial charge in [0.2, 0.25) is 15.9 Å². The first-order valence-electron chi connectivity index (χ1n) is 9.78. The first-order valence-corrected chi connectivity index (χ1v) is 12.1. The summed E-state index contributed by atoms with van der Waals surface area (Å²) >= 11 is 1.13. The number of thiazole rings is 1. The van der Waals surface area contributed by atoms with Gasteiger partial charge in [-0.05, 0) is 29.8 Å². The van der Waals surface area contributed by atoms with Crippen LogP contribution in [0.4, 0.5) is 0 Å². The van der Waals surface area contributed by atoms with Gasteiger partial charge in [-0.15, -0.1) is 0 Å². The zero-order valence-electron chi connectivity index (χ0n) is 16.7. The number of sulfonamides is 1. The minimum atomic E-state index is -3.61. The fraction of sp³-hybridized carbons (Fsp3) is 0.333. The lowest BCUT2D eigenvalue weighted by atomic mass is 10.1. The minimum absolute atomic E-state index is 0.0600. The second kappa shape index (κ2) is 8.33. The van der Waals surface area contributed by atoms with Gasteiger partial charge in [0.1, 0.15) is 0 Å². The van der Waals surface area contributed by atoms with Crippen molar-refractivity contribution in [1.82, 2.24) is 13.8 Å². The molecule has 0 N–H and O–H groups in total. The Morgan fingerprint density at radius 2 is 1.73 bits per heavy atom. The number of carbonyl (C=O) groups excluding carboxylic acids is 1. The number of nitrogens with zero attached hydrogens (tertiary/aromatic N) is 3. The number of fused-ring (bicyclic) bond motifs is 1. The molecule has 3 aromatic rings. The van der Waals surface area contributed by atoms with Crippen molar-refractivity contribution in [3.63, 3.8) is 0 Å². The number of rotatable bonds is 5. The minimum Gasteiger partial charge on any atom is -0.340 e. The summed E-state index contributed by atoms with van der Waals surface area (Å²) in [7, 11) is -3.61. The predicted molar refractivity (Wildman–Crippen MR) is 117 cm³/mol. The summed E-state index contributed by atoms with van der Waals surface area (Å²) in [4.78, 5) is 26.2. The molecule has 0 radical (unpaired) electrons. The summed E-state index contributed by atoms with van der Waals surface area (Å²) in [5.74, 6) is -0.0600. The van der Waals surface area contributed by atoms with Gasteiger partial charge in [0.25, 0.3) is 0 Å². The van der Waals surface area contributed by atoms with Crippen molar-refractivity contribution >= 4 is 38.0 Å². The molecule has 0 unspecified atom stereocenters. The monoisotopic (exact) mass is 445 g/mol. The van der Waals surface area contributed by atoms with E-state index >= 15 is 0 Å². The van der Waals surface area contributed by atoms with E-state index in [0.717, 1.165) is 27.8 Å². The van der Waals surface area contributed by atoms with Gasteiger partial charge in [-0.1, -0.05) is 41.7 Å². The molecule has 0 bridgehead atoms. The summed E-state index contributed by atoms with van der Waals surface area (Å²) in [6.45, 7) is 3.42. The number of amides is 1. The van der Waals surface area contributed by atoms with E-state index in [9.17, 15) is 18.0 Å². The van der Waals surface area contributed by atoms with Crippen LogP contribution in [0.5, 0.6) is 0 Å². The largest absolute Gasteiger partial charge is 0.340 e. The number of carbonyl (C=O) groups is 1. The third kappa shape index (κ3) is 4.05. The fourth-order valence-corrected chi connectivity index (χ4v) is 5.91. The molecule has 30 heavy (non-hydrogen) atoms. The van der Waals surface area contributed by atoms with Gasteiger partial charge < -0.3 is 9.47 Å². The van der Waals surface area contributed by atoms with Gasteiger partial charge in [0.05, 0.1) is 4.90 Å². The van der Waals surface area contributed by atoms with E-state index in [0.29, 0.717) is 19.6 Å². The van der Waals surface area contributed by atoms with E-state index in [1.165, 1.54) is 4.31 Å². The summed E-state index contributed by atoms with van der Waals surface area (Å²) in [5, 5.41) is 3.65. The van der Waals surface area contributed by atoms with Crippen LogP contribution in [0.2, 0.25) is 0 Å². The molecule has 1 saturated heterocycles. The van der Waals surface area contributed by atoms with Crippen LogP contribution >= 0.6 is 11.3 Å². The van der Waals surface area contributed by atoms with E-state index in [4.69, 9.17) is 0 Å². The second-order valence-electron chi connectivity index (χ2n) is 7.34. The molecule has 4 rings (SSSR count). The molecule has 0 spiro atoms. The third-order valence-electron chi connectivity index (χ3n) is 5.48. The molecule has 7 nitrogen and oxygen atoms in total. The Bertz CT molecular complexity index is 1240. The van der Waals surface area contributed by atoms with Gasteiger partial charge in [0, 0.05) is 50.2 Å². The first-order chi connectivity index (χ1) is 14.4. The smallest absolute Gasteiger partial charge is 0.307 e. The third-order valence-corrected chi connectivity index (χ3v) is 8.25. The molecule has 2 heterocycles. The van der Waals surface area contributed by atoms with Gasteiger partial charge in [-0.2, -0.15) is 4.31 Å². The van der Waals surface area contributed by atoms with Crippen molar-refractivity contribution < 1.29 is 13.2 Å². The summed E-state index contributed by atoms with van der Waals surface area (Å²) in [6, 6.07) is 12.8. The van der Waals surface area contributed by atoms with Gasteiger partial charge in [-0.25, -0.2) is 8.42 Å². The van der Waals surface area contributed by atoms with E-state index in [2.05, 4.69) is 0 Å². The van der Waals surface area contributed by atoms with Crippen LogP contribution in [0.1, 0.15) is 12.1 Å². The number of aryl methyl sites for hydroxylation is 1. The van der Waals surface area contributed by atoms with E-state index in [-0.39, 0.29) is 35.2 Å². The molecule has 1 aromatic heterocycles. The summed E-state index contributed by atoms with van der Waals surface area (Å²) in [5.41, 5.74) is 0.851. The average Bonchev–Trinajstić information content (AvgIpc) is 3.09. The number of hydrogen-bond acceptors (Lipinski definition) is 5. The zero-order chi connectivity index (χ0) is 21.3. The number of benzene rings is 2. The summed E-state index contributed by atoms with van der Waals surface area (Å²) in [6.07, 6.45) is 0.231. The highest BCUT2D eigenvalue weighted by molar-refractivity contribution is 7.89. The Morgan fingerprint density at radius 1 is 1.03 bits per heavy atom. The highest BCUT2D eigenvalue weighted by atomic mass is 32.2. The lowest BCUT2D eigenvalue weighted by molar-refractivity contribution is -0.132. The molecule has 0 saturated carbocycles. The maximum Gasteiger partial charge on any atom is 0.307 e. The number of aromatic nitrogens is 1. The van der Waals surface area contributed by atoms with Crippen LogP contribution in [0.25, 0.3) is 10.8 Å². The van der Waals surface area contributed by atoms with Gasteiger partial charge in [0.15, 0.2) is 0 Å². The van der Waals surface area contributed by atoms with Crippen molar-refractivity contribution in [3.8, 4) is 0 Å². The van der Waals surface area contributed by atoms with Crippen molar-refractivity contribution in [2.45, 2.75) is 24.8 Å². The average molecular weight is 446 g/mol. The quantitative estimate of drug-likeness (QED) is 0.604. The van der Waals surface area contributed by atoms with E-state index in [1.54, 1.807) is 27.0 Å². The molecule has 0 atom stereocenters. The molecule has 2 aromatic carbocycles. The maximum atomic E-state index is 13.0.